The van der Waals surface area contributed by atoms with Crippen LogP contribution in [0.15, 0.2) is 48.5 Å². The van der Waals surface area contributed by atoms with Crippen molar-refractivity contribution in [1.82, 2.24) is 10.2 Å². The molecule has 2 amide bonds. The Bertz CT molecular complexity index is 895. The highest BCUT2D eigenvalue weighted by Gasteiger charge is 2.30. The van der Waals surface area contributed by atoms with Crippen LogP contribution >= 0.6 is 23.4 Å². The molecule has 168 valence electrons. The van der Waals surface area contributed by atoms with Crippen molar-refractivity contribution >= 4 is 35.2 Å². The summed E-state index contributed by atoms with van der Waals surface area (Å²) in [6.45, 7) is 10.1. The summed E-state index contributed by atoms with van der Waals surface area (Å²) in [6, 6.07) is 15.1. The van der Waals surface area contributed by atoms with Crippen LogP contribution in [0.5, 0.6) is 0 Å². The van der Waals surface area contributed by atoms with Crippen molar-refractivity contribution < 1.29 is 9.59 Å². The Labute approximate surface area is 195 Å². The summed E-state index contributed by atoms with van der Waals surface area (Å²) < 4.78 is 0. The molecule has 0 heterocycles. The third-order valence-electron chi connectivity index (χ3n) is 4.93. The Morgan fingerprint density at radius 1 is 1.06 bits per heavy atom. The molecule has 0 fully saturated rings. The first-order valence-corrected chi connectivity index (χ1v) is 12.1. The first-order valence-electron chi connectivity index (χ1n) is 10.6. The van der Waals surface area contributed by atoms with E-state index in [9.17, 15) is 9.59 Å². The zero-order valence-electron chi connectivity index (χ0n) is 19.1. The molecule has 0 bridgehead atoms. The van der Waals surface area contributed by atoms with Gasteiger partial charge in [0, 0.05) is 22.9 Å². The van der Waals surface area contributed by atoms with Gasteiger partial charge >= 0.3 is 0 Å². The summed E-state index contributed by atoms with van der Waals surface area (Å²) in [4.78, 5) is 28.0. The zero-order chi connectivity index (χ0) is 23.0. The van der Waals surface area contributed by atoms with E-state index in [1.54, 1.807) is 16.7 Å². The first-order chi connectivity index (χ1) is 14.6. The van der Waals surface area contributed by atoms with Gasteiger partial charge in [0.15, 0.2) is 0 Å². The van der Waals surface area contributed by atoms with Crippen LogP contribution in [0, 0.1) is 6.92 Å². The molecule has 2 aromatic carbocycles. The lowest BCUT2D eigenvalue weighted by Crippen LogP contribution is -2.53. The molecule has 1 unspecified atom stereocenters. The molecule has 0 spiro atoms. The minimum absolute atomic E-state index is 0.0607. The zero-order valence-corrected chi connectivity index (χ0v) is 20.6. The number of carbonyl (C=O) groups excluding carboxylic acids is 2. The number of halogens is 1. The molecule has 0 saturated heterocycles. The van der Waals surface area contributed by atoms with Gasteiger partial charge in [0.1, 0.15) is 6.04 Å². The maximum Gasteiger partial charge on any atom is 0.243 e. The van der Waals surface area contributed by atoms with Gasteiger partial charge in [-0.05, 0) is 56.9 Å². The third kappa shape index (κ3) is 7.89. The second-order valence-corrected chi connectivity index (χ2v) is 10.1. The van der Waals surface area contributed by atoms with Gasteiger partial charge in [-0.1, -0.05) is 61.0 Å². The Balaban J connectivity index is 2.19. The number of hydrogen-bond donors (Lipinski definition) is 1. The van der Waals surface area contributed by atoms with E-state index in [0.29, 0.717) is 23.7 Å². The fraction of sp³-hybridized carbons (Fsp3) is 0.440. The number of benzene rings is 2. The van der Waals surface area contributed by atoms with Crippen molar-refractivity contribution in [3.05, 3.63) is 70.2 Å². The SMILES string of the molecule is CCC(C(=O)NC(C)(C)C)N(Cc1ccccc1Cl)C(=O)CSCc1ccccc1C. The lowest BCUT2D eigenvalue weighted by molar-refractivity contribution is -0.140. The van der Waals surface area contributed by atoms with E-state index >= 15 is 0 Å². The van der Waals surface area contributed by atoms with Crippen LogP contribution < -0.4 is 5.32 Å². The van der Waals surface area contributed by atoms with E-state index in [4.69, 9.17) is 11.6 Å². The highest BCUT2D eigenvalue weighted by molar-refractivity contribution is 7.99. The standard InChI is InChI=1S/C25H33ClN2O2S/c1-6-22(24(30)27-25(3,4)5)28(15-19-12-9-10-14-21(19)26)23(29)17-31-16-20-13-8-7-11-18(20)2/h7-14,22H,6,15-17H2,1-5H3,(H,27,30). The molecule has 2 aromatic rings. The van der Waals surface area contributed by atoms with E-state index in [1.165, 1.54) is 11.1 Å². The minimum atomic E-state index is -0.554. The third-order valence-corrected chi connectivity index (χ3v) is 6.26. The number of carbonyl (C=O) groups is 2. The monoisotopic (exact) mass is 460 g/mol. The van der Waals surface area contributed by atoms with Gasteiger partial charge in [-0.15, -0.1) is 11.8 Å². The molecule has 1 N–H and O–H groups in total. The van der Waals surface area contributed by atoms with Gasteiger partial charge in [-0.3, -0.25) is 9.59 Å². The minimum Gasteiger partial charge on any atom is -0.350 e. The second-order valence-electron chi connectivity index (χ2n) is 8.70. The number of amides is 2. The average molecular weight is 461 g/mol. The number of thioether (sulfide) groups is 1. The largest absolute Gasteiger partial charge is 0.350 e. The summed E-state index contributed by atoms with van der Waals surface area (Å²) in [6.07, 6.45) is 0.528. The smallest absolute Gasteiger partial charge is 0.243 e. The Morgan fingerprint density at radius 2 is 1.68 bits per heavy atom. The molecular weight excluding hydrogens is 428 g/mol. The van der Waals surface area contributed by atoms with Gasteiger partial charge in [-0.25, -0.2) is 0 Å². The van der Waals surface area contributed by atoms with Crippen LogP contribution in [-0.2, 0) is 21.9 Å². The second kappa shape index (κ2) is 11.6. The molecule has 31 heavy (non-hydrogen) atoms. The van der Waals surface area contributed by atoms with Crippen molar-refractivity contribution in [2.24, 2.45) is 0 Å². The van der Waals surface area contributed by atoms with Crippen LogP contribution in [-0.4, -0.2) is 34.0 Å². The molecule has 0 radical (unpaired) electrons. The van der Waals surface area contributed by atoms with Crippen LogP contribution in [0.1, 0.15) is 50.8 Å². The highest BCUT2D eigenvalue weighted by Crippen LogP contribution is 2.22. The van der Waals surface area contributed by atoms with Gasteiger partial charge in [0.2, 0.25) is 11.8 Å². The molecule has 0 saturated carbocycles. The van der Waals surface area contributed by atoms with Crippen molar-refractivity contribution in [3.63, 3.8) is 0 Å². The van der Waals surface area contributed by atoms with Crippen LogP contribution in [0.4, 0.5) is 0 Å². The number of hydrogen-bond acceptors (Lipinski definition) is 3. The van der Waals surface area contributed by atoms with Gasteiger partial charge in [0.25, 0.3) is 0 Å². The van der Waals surface area contributed by atoms with Crippen LogP contribution in [0.2, 0.25) is 5.02 Å². The molecule has 0 aliphatic heterocycles. The topological polar surface area (TPSA) is 49.4 Å². The van der Waals surface area contributed by atoms with Gasteiger partial charge < -0.3 is 10.2 Å². The average Bonchev–Trinajstić information content (AvgIpc) is 2.69. The Morgan fingerprint density at radius 3 is 2.26 bits per heavy atom. The van der Waals surface area contributed by atoms with E-state index < -0.39 is 6.04 Å². The summed E-state index contributed by atoms with van der Waals surface area (Å²) in [5.74, 6) is 0.857. The van der Waals surface area contributed by atoms with Gasteiger partial charge in [0.05, 0.1) is 5.75 Å². The van der Waals surface area contributed by atoms with E-state index in [-0.39, 0.29) is 17.4 Å². The maximum atomic E-state index is 13.3. The van der Waals surface area contributed by atoms with Crippen LogP contribution in [0.3, 0.4) is 0 Å². The number of nitrogens with zero attached hydrogens (tertiary/aromatic N) is 1. The summed E-state index contributed by atoms with van der Waals surface area (Å²) in [5, 5.41) is 3.62. The molecule has 0 aromatic heterocycles. The molecule has 4 nitrogen and oxygen atoms in total. The molecule has 2 rings (SSSR count). The van der Waals surface area contributed by atoms with Crippen molar-refractivity contribution in [3.8, 4) is 0 Å². The van der Waals surface area contributed by atoms with Crippen molar-refractivity contribution in [2.75, 3.05) is 5.75 Å². The summed E-state index contributed by atoms with van der Waals surface area (Å²) in [5.41, 5.74) is 2.90. The molecule has 6 heteroatoms. The highest BCUT2D eigenvalue weighted by atomic mass is 35.5. The Hall–Kier alpha value is -1.98. The molecule has 0 aliphatic carbocycles. The summed E-state index contributed by atoms with van der Waals surface area (Å²) >= 11 is 7.93. The Kier molecular flexibility index (Phi) is 9.45. The van der Waals surface area contributed by atoms with E-state index in [1.807, 2.05) is 64.1 Å². The fourth-order valence-corrected chi connectivity index (χ4v) is 4.47. The number of rotatable bonds is 9. The van der Waals surface area contributed by atoms with E-state index in [0.717, 1.165) is 11.3 Å². The lowest BCUT2D eigenvalue weighted by Gasteiger charge is -2.33. The number of aryl methyl sites for hydroxylation is 1. The predicted molar refractivity (Wildman–Crippen MR) is 131 cm³/mol. The summed E-state index contributed by atoms with van der Waals surface area (Å²) in [7, 11) is 0. The fourth-order valence-electron chi connectivity index (χ4n) is 3.29. The van der Waals surface area contributed by atoms with Crippen LogP contribution in [0.25, 0.3) is 0 Å². The molecule has 1 atom stereocenters. The lowest BCUT2D eigenvalue weighted by atomic mass is 10.1. The first kappa shape index (κ1) is 25.3. The predicted octanol–water partition coefficient (Wildman–Crippen LogP) is 5.60. The molecule has 0 aliphatic rings. The van der Waals surface area contributed by atoms with Gasteiger partial charge in [-0.2, -0.15) is 0 Å². The number of nitrogens with one attached hydrogen (secondary N) is 1. The molecular formula is C25H33ClN2O2S. The quantitative estimate of drug-likeness (QED) is 0.529. The van der Waals surface area contributed by atoms with Crippen molar-refractivity contribution in [1.29, 1.82) is 0 Å². The normalized spacial score (nSPS) is 12.3. The maximum absolute atomic E-state index is 13.3. The van der Waals surface area contributed by atoms with E-state index in [2.05, 4.69) is 24.4 Å². The van der Waals surface area contributed by atoms with Crippen molar-refractivity contribution in [2.45, 2.75) is 64.9 Å².